The summed E-state index contributed by atoms with van der Waals surface area (Å²) in [6, 6.07) is 7.59. The largest absolute Gasteiger partial charge is 0.497 e. The Hall–Kier alpha value is -3.23. The van der Waals surface area contributed by atoms with Gasteiger partial charge in [-0.2, -0.15) is 4.68 Å². The number of fused-ring (bicyclic) bond motifs is 1. The van der Waals surface area contributed by atoms with Crippen LogP contribution in [-0.2, 0) is 4.79 Å². The molecule has 1 aliphatic rings. The van der Waals surface area contributed by atoms with E-state index < -0.39 is 0 Å². The van der Waals surface area contributed by atoms with Crippen molar-refractivity contribution in [1.82, 2.24) is 29.9 Å². The second kappa shape index (κ2) is 8.02. The molecule has 0 saturated carbocycles. The average Bonchev–Trinajstić information content (AvgIpc) is 3.18. The van der Waals surface area contributed by atoms with E-state index >= 15 is 0 Å². The molecule has 0 aliphatic carbocycles. The number of nitrogens with zero attached hydrogens (tertiary/aromatic N) is 7. The molecule has 1 saturated heterocycles. The topological polar surface area (TPSA) is 89.3 Å². The Kier molecular flexibility index (Phi) is 5.28. The summed E-state index contributed by atoms with van der Waals surface area (Å²) in [5.74, 6) is 2.08. The number of carbonyl (C=O) groups is 1. The lowest BCUT2D eigenvalue weighted by atomic mass is 10.1. The molecule has 4 rings (SSSR count). The summed E-state index contributed by atoms with van der Waals surface area (Å²) < 4.78 is 6.99. The summed E-state index contributed by atoms with van der Waals surface area (Å²) in [6.07, 6.45) is 2.13. The zero-order valence-corrected chi connectivity index (χ0v) is 16.9. The van der Waals surface area contributed by atoms with Crippen molar-refractivity contribution in [3.8, 4) is 11.4 Å². The maximum Gasteiger partial charge on any atom is 0.222 e. The van der Waals surface area contributed by atoms with Crippen LogP contribution in [0, 0.1) is 5.92 Å². The molecular formula is C20H25N7O2. The van der Waals surface area contributed by atoms with E-state index in [1.807, 2.05) is 29.2 Å². The van der Waals surface area contributed by atoms with E-state index in [1.54, 1.807) is 11.8 Å². The Morgan fingerprint density at radius 3 is 2.69 bits per heavy atom. The summed E-state index contributed by atoms with van der Waals surface area (Å²) in [6.45, 7) is 6.92. The van der Waals surface area contributed by atoms with Crippen molar-refractivity contribution in [3.63, 3.8) is 0 Å². The molecule has 2 aromatic heterocycles. The molecule has 9 nitrogen and oxygen atoms in total. The third-order valence-electron chi connectivity index (χ3n) is 5.03. The highest BCUT2D eigenvalue weighted by Crippen LogP contribution is 2.25. The Morgan fingerprint density at radius 2 is 1.97 bits per heavy atom. The molecule has 0 radical (unpaired) electrons. The first-order valence-corrected chi connectivity index (χ1v) is 9.80. The number of amides is 1. The Labute approximate surface area is 169 Å². The minimum Gasteiger partial charge on any atom is -0.497 e. The number of hydrogen-bond acceptors (Lipinski definition) is 7. The van der Waals surface area contributed by atoms with Crippen molar-refractivity contribution in [2.45, 2.75) is 20.3 Å². The van der Waals surface area contributed by atoms with Crippen LogP contribution in [0.2, 0.25) is 0 Å². The standard InChI is InChI=1S/C20H25N7O2/c1-14(2)11-17(28)25-7-9-26(10-8-25)19-18-20(22-13-21-19)27(24-23-18)15-5-4-6-16(12-15)29-3/h4-6,12-14H,7-11H2,1-3H3. The average molecular weight is 395 g/mol. The van der Waals surface area contributed by atoms with Crippen LogP contribution in [0.15, 0.2) is 30.6 Å². The lowest BCUT2D eigenvalue weighted by molar-refractivity contribution is -0.132. The number of anilines is 1. The van der Waals surface area contributed by atoms with E-state index in [4.69, 9.17) is 4.74 Å². The second-order valence-corrected chi connectivity index (χ2v) is 7.54. The smallest absolute Gasteiger partial charge is 0.222 e. The third-order valence-corrected chi connectivity index (χ3v) is 5.03. The first-order chi connectivity index (χ1) is 14.1. The van der Waals surface area contributed by atoms with Gasteiger partial charge in [0.1, 0.15) is 12.1 Å². The second-order valence-electron chi connectivity index (χ2n) is 7.54. The van der Waals surface area contributed by atoms with Gasteiger partial charge in [-0.05, 0) is 18.1 Å². The zero-order chi connectivity index (χ0) is 20.4. The van der Waals surface area contributed by atoms with Crippen molar-refractivity contribution >= 4 is 22.9 Å². The maximum atomic E-state index is 12.3. The highest BCUT2D eigenvalue weighted by Gasteiger charge is 2.25. The van der Waals surface area contributed by atoms with Crippen molar-refractivity contribution in [3.05, 3.63) is 30.6 Å². The number of benzene rings is 1. The Balaban J connectivity index is 1.57. The predicted octanol–water partition coefficient (Wildman–Crippen LogP) is 1.91. The fraction of sp³-hybridized carbons (Fsp3) is 0.450. The first kappa shape index (κ1) is 19.1. The highest BCUT2D eigenvalue weighted by atomic mass is 16.5. The van der Waals surface area contributed by atoms with Crippen molar-refractivity contribution in [2.75, 3.05) is 38.2 Å². The van der Waals surface area contributed by atoms with E-state index in [-0.39, 0.29) is 5.91 Å². The predicted molar refractivity (Wildman–Crippen MR) is 109 cm³/mol. The van der Waals surface area contributed by atoms with Gasteiger partial charge in [0.15, 0.2) is 17.0 Å². The number of piperazine rings is 1. The summed E-state index contributed by atoms with van der Waals surface area (Å²) in [4.78, 5) is 25.3. The van der Waals surface area contributed by atoms with Crippen molar-refractivity contribution in [2.24, 2.45) is 5.92 Å². The van der Waals surface area contributed by atoms with Crippen LogP contribution in [0.5, 0.6) is 5.75 Å². The lowest BCUT2D eigenvalue weighted by Gasteiger charge is -2.35. The minimum absolute atomic E-state index is 0.219. The van der Waals surface area contributed by atoms with Gasteiger partial charge in [0.05, 0.1) is 12.8 Å². The first-order valence-electron chi connectivity index (χ1n) is 9.80. The number of methoxy groups -OCH3 is 1. The van der Waals surface area contributed by atoms with Crippen LogP contribution < -0.4 is 9.64 Å². The van der Waals surface area contributed by atoms with Crippen LogP contribution in [0.25, 0.3) is 16.9 Å². The molecule has 0 atom stereocenters. The molecule has 1 fully saturated rings. The monoisotopic (exact) mass is 395 g/mol. The number of hydrogen-bond donors (Lipinski definition) is 0. The molecule has 9 heteroatoms. The van der Waals surface area contributed by atoms with Gasteiger partial charge >= 0.3 is 0 Å². The third kappa shape index (κ3) is 3.85. The molecule has 0 unspecified atom stereocenters. The van der Waals surface area contributed by atoms with Gasteiger partial charge in [0, 0.05) is 38.7 Å². The number of rotatable bonds is 5. The quantitative estimate of drug-likeness (QED) is 0.652. The van der Waals surface area contributed by atoms with Crippen LogP contribution in [0.4, 0.5) is 5.82 Å². The van der Waals surface area contributed by atoms with Crippen LogP contribution in [0.3, 0.4) is 0 Å². The summed E-state index contributed by atoms with van der Waals surface area (Å²) in [7, 11) is 1.63. The van der Waals surface area contributed by atoms with Gasteiger partial charge in [-0.25, -0.2) is 9.97 Å². The molecule has 0 bridgehead atoms. The molecule has 1 amide bonds. The van der Waals surface area contributed by atoms with Gasteiger partial charge < -0.3 is 14.5 Å². The van der Waals surface area contributed by atoms with E-state index in [0.29, 0.717) is 49.7 Å². The molecule has 152 valence electrons. The number of carbonyl (C=O) groups excluding carboxylic acids is 1. The highest BCUT2D eigenvalue weighted by molar-refractivity contribution is 5.84. The lowest BCUT2D eigenvalue weighted by Crippen LogP contribution is -2.49. The van der Waals surface area contributed by atoms with E-state index in [9.17, 15) is 4.79 Å². The molecule has 3 heterocycles. The number of aromatic nitrogens is 5. The molecule has 1 aromatic carbocycles. The molecule has 0 N–H and O–H groups in total. The van der Waals surface area contributed by atoms with Crippen LogP contribution in [-0.4, -0.2) is 69.1 Å². The SMILES string of the molecule is COc1cccc(-n2nnc3c(N4CCN(C(=O)CC(C)C)CC4)ncnc32)c1. The van der Waals surface area contributed by atoms with Gasteiger partial charge in [-0.3, -0.25) is 4.79 Å². The maximum absolute atomic E-state index is 12.3. The summed E-state index contributed by atoms with van der Waals surface area (Å²) in [5, 5.41) is 8.63. The van der Waals surface area contributed by atoms with Crippen molar-refractivity contribution < 1.29 is 9.53 Å². The molecule has 29 heavy (non-hydrogen) atoms. The zero-order valence-electron chi connectivity index (χ0n) is 16.9. The normalized spacial score (nSPS) is 14.6. The Bertz CT molecular complexity index is 1010. The van der Waals surface area contributed by atoms with Gasteiger partial charge in [-0.1, -0.05) is 25.1 Å². The summed E-state index contributed by atoms with van der Waals surface area (Å²) >= 11 is 0. The molecule has 1 aliphatic heterocycles. The number of ether oxygens (including phenoxy) is 1. The van der Waals surface area contributed by atoms with Gasteiger partial charge in [0.2, 0.25) is 5.91 Å². The summed E-state index contributed by atoms with van der Waals surface area (Å²) in [5.41, 5.74) is 2.11. The molecule has 3 aromatic rings. The van der Waals surface area contributed by atoms with E-state index in [2.05, 4.69) is 39.0 Å². The van der Waals surface area contributed by atoms with Gasteiger partial charge in [0.25, 0.3) is 0 Å². The van der Waals surface area contributed by atoms with Crippen LogP contribution >= 0.6 is 0 Å². The van der Waals surface area contributed by atoms with Gasteiger partial charge in [-0.15, -0.1) is 5.10 Å². The molecule has 0 spiro atoms. The van der Waals surface area contributed by atoms with E-state index in [1.165, 1.54) is 6.33 Å². The minimum atomic E-state index is 0.219. The fourth-order valence-corrected chi connectivity index (χ4v) is 3.53. The van der Waals surface area contributed by atoms with Crippen LogP contribution in [0.1, 0.15) is 20.3 Å². The fourth-order valence-electron chi connectivity index (χ4n) is 3.53. The van der Waals surface area contributed by atoms with Crippen molar-refractivity contribution in [1.29, 1.82) is 0 Å². The Morgan fingerprint density at radius 1 is 1.17 bits per heavy atom. The molecular weight excluding hydrogens is 370 g/mol. The van der Waals surface area contributed by atoms with E-state index in [0.717, 1.165) is 17.3 Å².